The summed E-state index contributed by atoms with van der Waals surface area (Å²) in [7, 11) is 0. The summed E-state index contributed by atoms with van der Waals surface area (Å²) in [5, 5.41) is 0.984. The normalized spacial score (nSPS) is 24.4. The minimum atomic E-state index is -0.130. The van der Waals surface area contributed by atoms with E-state index >= 15 is 0 Å². The first-order valence-electron chi connectivity index (χ1n) is 7.48. The van der Waals surface area contributed by atoms with E-state index in [2.05, 4.69) is 11.5 Å². The van der Waals surface area contributed by atoms with Gasteiger partial charge in [-0.25, -0.2) is 4.98 Å². The molecule has 0 aliphatic heterocycles. The van der Waals surface area contributed by atoms with Crippen LogP contribution in [-0.2, 0) is 0 Å². The zero-order chi connectivity index (χ0) is 15.1. The molecular weight excluding hydrogens is 327 g/mol. The van der Waals surface area contributed by atoms with Gasteiger partial charge in [0.1, 0.15) is 5.82 Å². The lowest BCUT2D eigenvalue weighted by Crippen LogP contribution is -2.19. The van der Waals surface area contributed by atoms with E-state index in [0.717, 1.165) is 22.8 Å². The van der Waals surface area contributed by atoms with Gasteiger partial charge in [-0.1, -0.05) is 30.1 Å². The van der Waals surface area contributed by atoms with Crippen molar-refractivity contribution in [2.24, 2.45) is 5.92 Å². The van der Waals surface area contributed by atoms with Gasteiger partial charge in [0.05, 0.1) is 26.5 Å². The van der Waals surface area contributed by atoms with E-state index in [4.69, 9.17) is 39.8 Å². The molecular formula is C16H19Cl3N2. The molecule has 0 radical (unpaired) electrons. The van der Waals surface area contributed by atoms with Gasteiger partial charge < -0.3 is 4.57 Å². The molecule has 1 aromatic heterocycles. The van der Waals surface area contributed by atoms with Gasteiger partial charge in [0.25, 0.3) is 0 Å². The Morgan fingerprint density at radius 1 is 1.14 bits per heavy atom. The molecule has 3 rings (SSSR count). The van der Waals surface area contributed by atoms with Crippen molar-refractivity contribution >= 4 is 45.8 Å². The minimum Gasteiger partial charge on any atom is -0.324 e. The van der Waals surface area contributed by atoms with Crippen molar-refractivity contribution in [3.63, 3.8) is 0 Å². The smallest absolute Gasteiger partial charge is 0.127 e. The van der Waals surface area contributed by atoms with Crippen LogP contribution in [-0.4, -0.2) is 9.55 Å². The molecule has 1 unspecified atom stereocenters. The zero-order valence-corrected chi connectivity index (χ0v) is 14.5. The van der Waals surface area contributed by atoms with Crippen LogP contribution in [0.1, 0.15) is 56.8 Å². The van der Waals surface area contributed by atoms with Crippen LogP contribution >= 0.6 is 34.8 Å². The fraction of sp³-hybridized carbons (Fsp3) is 0.562. The summed E-state index contributed by atoms with van der Waals surface area (Å²) >= 11 is 18.7. The quantitative estimate of drug-likeness (QED) is 0.576. The number of fused-ring (bicyclic) bond motifs is 1. The molecule has 2 nitrogen and oxygen atoms in total. The van der Waals surface area contributed by atoms with E-state index in [-0.39, 0.29) is 5.38 Å². The van der Waals surface area contributed by atoms with E-state index in [1.165, 1.54) is 25.7 Å². The number of aromatic nitrogens is 2. The third-order valence-electron chi connectivity index (χ3n) is 4.47. The molecule has 1 fully saturated rings. The lowest BCUT2D eigenvalue weighted by atomic mass is 9.87. The van der Waals surface area contributed by atoms with Crippen LogP contribution in [0.25, 0.3) is 11.0 Å². The predicted molar refractivity (Wildman–Crippen MR) is 90.7 cm³/mol. The summed E-state index contributed by atoms with van der Waals surface area (Å²) in [6, 6.07) is 4.22. The first-order valence-corrected chi connectivity index (χ1v) is 8.67. The van der Waals surface area contributed by atoms with Gasteiger partial charge in [-0.15, -0.1) is 11.6 Å². The fourth-order valence-corrected chi connectivity index (χ4v) is 3.74. The first-order chi connectivity index (χ1) is 9.97. The Kier molecular flexibility index (Phi) is 4.40. The fourth-order valence-electron chi connectivity index (χ4n) is 3.27. The Balaban J connectivity index is 2.14. The zero-order valence-electron chi connectivity index (χ0n) is 12.2. The molecule has 114 valence electrons. The maximum Gasteiger partial charge on any atom is 0.127 e. The Hall–Kier alpha value is -0.440. The molecule has 0 spiro atoms. The van der Waals surface area contributed by atoms with Crippen molar-refractivity contribution < 1.29 is 0 Å². The van der Waals surface area contributed by atoms with Crippen molar-refractivity contribution in [1.82, 2.24) is 9.55 Å². The number of alkyl halides is 1. The van der Waals surface area contributed by atoms with Crippen LogP contribution < -0.4 is 0 Å². The third kappa shape index (κ3) is 2.91. The number of imidazole rings is 1. The Morgan fingerprint density at radius 2 is 1.76 bits per heavy atom. The average Bonchev–Trinajstić information content (AvgIpc) is 2.79. The molecule has 0 amide bonds. The Bertz CT molecular complexity index is 655. The highest BCUT2D eigenvalue weighted by Gasteiger charge is 2.26. The maximum atomic E-state index is 6.36. The molecule has 0 N–H and O–H groups in total. The SMILES string of the molecule is CC1CCC(n2c(C(C)Cl)nc3cc(Cl)c(Cl)cc32)CC1. The molecule has 0 bridgehead atoms. The number of rotatable bonds is 2. The van der Waals surface area contributed by atoms with Gasteiger partial charge in [0.15, 0.2) is 0 Å². The third-order valence-corrected chi connectivity index (χ3v) is 5.38. The minimum absolute atomic E-state index is 0.130. The van der Waals surface area contributed by atoms with Crippen molar-refractivity contribution in [2.45, 2.75) is 50.9 Å². The van der Waals surface area contributed by atoms with Crippen LogP contribution in [0, 0.1) is 5.92 Å². The molecule has 1 atom stereocenters. The standard InChI is InChI=1S/C16H19Cl3N2/c1-9-3-5-11(6-4-9)21-15-8-13(19)12(18)7-14(15)20-16(21)10(2)17/h7-11H,3-6H2,1-2H3. The molecule has 1 aliphatic rings. The summed E-state index contributed by atoms with van der Waals surface area (Å²) in [6.45, 7) is 4.29. The summed E-state index contributed by atoms with van der Waals surface area (Å²) in [5.41, 5.74) is 1.93. The molecule has 1 saturated carbocycles. The Labute approximate surface area is 140 Å². The second kappa shape index (κ2) is 5.98. The van der Waals surface area contributed by atoms with Gasteiger partial charge in [-0.3, -0.25) is 0 Å². The molecule has 21 heavy (non-hydrogen) atoms. The van der Waals surface area contributed by atoms with Gasteiger partial charge in [0.2, 0.25) is 0 Å². The highest BCUT2D eigenvalue weighted by Crippen LogP contribution is 2.38. The second-order valence-electron chi connectivity index (χ2n) is 6.12. The maximum absolute atomic E-state index is 6.36. The molecule has 5 heteroatoms. The van der Waals surface area contributed by atoms with Gasteiger partial charge >= 0.3 is 0 Å². The number of hydrogen-bond donors (Lipinski definition) is 0. The molecule has 1 aromatic carbocycles. The molecule has 1 aliphatic carbocycles. The van der Waals surface area contributed by atoms with E-state index in [0.29, 0.717) is 16.1 Å². The Morgan fingerprint density at radius 3 is 2.38 bits per heavy atom. The largest absolute Gasteiger partial charge is 0.324 e. The lowest BCUT2D eigenvalue weighted by Gasteiger charge is -2.29. The van der Waals surface area contributed by atoms with Crippen molar-refractivity contribution in [1.29, 1.82) is 0 Å². The van der Waals surface area contributed by atoms with Crippen molar-refractivity contribution in [3.05, 3.63) is 28.0 Å². The van der Waals surface area contributed by atoms with Gasteiger partial charge in [-0.2, -0.15) is 0 Å². The van der Waals surface area contributed by atoms with Crippen molar-refractivity contribution in [2.75, 3.05) is 0 Å². The van der Waals surface area contributed by atoms with E-state index in [1.807, 2.05) is 19.1 Å². The molecule has 0 saturated heterocycles. The number of hydrogen-bond acceptors (Lipinski definition) is 1. The van der Waals surface area contributed by atoms with Crippen LogP contribution in [0.4, 0.5) is 0 Å². The number of nitrogens with zero attached hydrogens (tertiary/aromatic N) is 2. The van der Waals surface area contributed by atoms with Gasteiger partial charge in [-0.05, 0) is 50.7 Å². The van der Waals surface area contributed by atoms with Crippen molar-refractivity contribution in [3.8, 4) is 0 Å². The highest BCUT2D eigenvalue weighted by molar-refractivity contribution is 6.42. The van der Waals surface area contributed by atoms with Crippen LogP contribution in [0.2, 0.25) is 10.0 Å². The summed E-state index contributed by atoms with van der Waals surface area (Å²) in [5.74, 6) is 1.73. The van der Waals surface area contributed by atoms with E-state index in [9.17, 15) is 0 Å². The summed E-state index contributed by atoms with van der Waals surface area (Å²) in [6.07, 6.45) is 4.84. The summed E-state index contributed by atoms with van der Waals surface area (Å²) < 4.78 is 2.29. The van der Waals surface area contributed by atoms with E-state index < -0.39 is 0 Å². The number of halogens is 3. The topological polar surface area (TPSA) is 17.8 Å². The first kappa shape index (κ1) is 15.5. The van der Waals surface area contributed by atoms with Crippen LogP contribution in [0.15, 0.2) is 12.1 Å². The number of benzene rings is 1. The van der Waals surface area contributed by atoms with Crippen LogP contribution in [0.3, 0.4) is 0 Å². The van der Waals surface area contributed by atoms with E-state index in [1.54, 1.807) is 0 Å². The summed E-state index contributed by atoms with van der Waals surface area (Å²) in [4.78, 5) is 4.70. The van der Waals surface area contributed by atoms with Gasteiger partial charge in [0, 0.05) is 6.04 Å². The average molecular weight is 346 g/mol. The second-order valence-corrected chi connectivity index (χ2v) is 7.59. The molecule has 1 heterocycles. The predicted octanol–water partition coefficient (Wildman–Crippen LogP) is 6.39. The highest BCUT2D eigenvalue weighted by atomic mass is 35.5. The lowest BCUT2D eigenvalue weighted by molar-refractivity contribution is 0.289. The molecule has 2 aromatic rings. The van der Waals surface area contributed by atoms with Crippen LogP contribution in [0.5, 0.6) is 0 Å². The monoisotopic (exact) mass is 344 g/mol.